The van der Waals surface area contributed by atoms with Crippen LogP contribution < -0.4 is 10.1 Å². The summed E-state index contributed by atoms with van der Waals surface area (Å²) in [6.45, 7) is 0.413. The van der Waals surface area contributed by atoms with Gasteiger partial charge in [0.15, 0.2) is 0 Å². The third kappa shape index (κ3) is 4.46. The van der Waals surface area contributed by atoms with Crippen LogP contribution >= 0.6 is 27.7 Å². The zero-order valence-electron chi connectivity index (χ0n) is 12.6. The zero-order valence-corrected chi connectivity index (χ0v) is 15.0. The van der Waals surface area contributed by atoms with Crippen LogP contribution in [0.5, 0.6) is 5.75 Å². The number of benzene rings is 1. The first-order chi connectivity index (χ1) is 11.8. The average molecular weight is 433 g/mol. The van der Waals surface area contributed by atoms with E-state index in [2.05, 4.69) is 26.2 Å². The second-order valence-electron chi connectivity index (χ2n) is 5.25. The van der Waals surface area contributed by atoms with Crippen LogP contribution in [0.4, 0.5) is 13.2 Å². The summed E-state index contributed by atoms with van der Waals surface area (Å²) in [4.78, 5) is 16.2. The first-order valence-corrected chi connectivity index (χ1v) is 8.88. The summed E-state index contributed by atoms with van der Waals surface area (Å²) in [6.07, 6.45) is 1.75. The Morgan fingerprint density at radius 2 is 2.16 bits per heavy atom. The van der Waals surface area contributed by atoms with Gasteiger partial charge in [0.25, 0.3) is 5.91 Å². The zero-order chi connectivity index (χ0) is 18.0. The number of carbonyl (C=O) groups is 1. The van der Waals surface area contributed by atoms with Crippen molar-refractivity contribution in [1.29, 1.82) is 0 Å². The topological polar surface area (TPSA) is 51.2 Å². The second-order valence-corrected chi connectivity index (χ2v) is 7.22. The van der Waals surface area contributed by atoms with Crippen molar-refractivity contribution in [3.63, 3.8) is 0 Å². The summed E-state index contributed by atoms with van der Waals surface area (Å²) >= 11 is 2.97. The number of fused-ring (bicyclic) bond motifs is 1. The highest BCUT2D eigenvalue weighted by Crippen LogP contribution is 2.38. The summed E-state index contributed by atoms with van der Waals surface area (Å²) in [5.41, 5.74) is -3.84. The van der Waals surface area contributed by atoms with Gasteiger partial charge in [0, 0.05) is 34.4 Å². The molecule has 0 saturated heterocycles. The fourth-order valence-electron chi connectivity index (χ4n) is 2.51. The van der Waals surface area contributed by atoms with Crippen LogP contribution in [0.3, 0.4) is 0 Å². The molecule has 0 aliphatic carbocycles. The molecule has 1 aliphatic rings. The summed E-state index contributed by atoms with van der Waals surface area (Å²) < 4.78 is 44.3. The number of hydrogen-bond acceptors (Lipinski definition) is 4. The predicted molar refractivity (Wildman–Crippen MR) is 90.6 cm³/mol. The van der Waals surface area contributed by atoms with Crippen LogP contribution in [0.25, 0.3) is 0 Å². The van der Waals surface area contributed by atoms with Crippen molar-refractivity contribution < 1.29 is 22.7 Å². The van der Waals surface area contributed by atoms with Crippen molar-refractivity contribution in [3.05, 3.63) is 52.1 Å². The molecular formula is C16H12BrF3N2O2S. The van der Waals surface area contributed by atoms with Gasteiger partial charge in [0.05, 0.1) is 18.2 Å². The molecule has 1 amide bonds. The number of pyridine rings is 1. The van der Waals surface area contributed by atoms with E-state index in [0.29, 0.717) is 18.8 Å². The molecule has 0 spiro atoms. The van der Waals surface area contributed by atoms with E-state index in [1.165, 1.54) is 18.3 Å². The summed E-state index contributed by atoms with van der Waals surface area (Å²) in [5, 5.41) is 2.42. The lowest BCUT2D eigenvalue weighted by Gasteiger charge is -2.27. The van der Waals surface area contributed by atoms with Crippen LogP contribution in [-0.2, 0) is 0 Å². The number of ether oxygens (including phenoxy) is 1. The molecule has 9 heteroatoms. The van der Waals surface area contributed by atoms with E-state index in [0.717, 1.165) is 10.0 Å². The maximum absolute atomic E-state index is 12.7. The van der Waals surface area contributed by atoms with Crippen LogP contribution in [0.15, 0.2) is 46.0 Å². The molecule has 0 bridgehead atoms. The largest absolute Gasteiger partial charge is 0.493 e. The molecule has 4 nitrogen and oxygen atoms in total. The number of alkyl halides is 3. The first kappa shape index (κ1) is 18.1. The third-order valence-electron chi connectivity index (χ3n) is 3.54. The van der Waals surface area contributed by atoms with E-state index < -0.39 is 23.2 Å². The fraction of sp³-hybridized carbons (Fsp3) is 0.250. The summed E-state index contributed by atoms with van der Waals surface area (Å²) in [6, 6.07) is 7.85. The maximum Gasteiger partial charge on any atom is 0.447 e. The van der Waals surface area contributed by atoms with Crippen LogP contribution in [-0.4, -0.2) is 23.0 Å². The highest BCUT2D eigenvalue weighted by Gasteiger charge is 2.33. The quantitative estimate of drug-likeness (QED) is 0.713. The Balaban J connectivity index is 1.84. The van der Waals surface area contributed by atoms with Gasteiger partial charge in [-0.05, 0) is 30.3 Å². The van der Waals surface area contributed by atoms with Crippen molar-refractivity contribution in [2.75, 3.05) is 6.61 Å². The summed E-state index contributed by atoms with van der Waals surface area (Å²) in [5.74, 6) is 0.0495. The van der Waals surface area contributed by atoms with E-state index in [9.17, 15) is 18.0 Å². The number of amides is 1. The molecule has 1 N–H and O–H groups in total. The molecule has 0 radical (unpaired) electrons. The molecule has 1 unspecified atom stereocenters. The number of carbonyl (C=O) groups excluding carboxylic acids is 1. The lowest BCUT2D eigenvalue weighted by Crippen LogP contribution is -2.32. The van der Waals surface area contributed by atoms with Gasteiger partial charge in [0.1, 0.15) is 10.8 Å². The van der Waals surface area contributed by atoms with Crippen LogP contribution in [0.2, 0.25) is 0 Å². The molecule has 1 aliphatic heterocycles. The van der Waals surface area contributed by atoms with Crippen molar-refractivity contribution >= 4 is 33.6 Å². The van der Waals surface area contributed by atoms with E-state index in [-0.39, 0.29) is 16.6 Å². The van der Waals surface area contributed by atoms with Crippen molar-refractivity contribution in [3.8, 4) is 5.75 Å². The van der Waals surface area contributed by atoms with Gasteiger partial charge in [0.2, 0.25) is 0 Å². The monoisotopic (exact) mass is 432 g/mol. The highest BCUT2D eigenvalue weighted by atomic mass is 79.9. The van der Waals surface area contributed by atoms with Gasteiger partial charge in [-0.1, -0.05) is 15.9 Å². The second kappa shape index (κ2) is 7.25. The molecule has 1 atom stereocenters. The molecule has 2 aromatic rings. The Morgan fingerprint density at radius 1 is 1.36 bits per heavy atom. The number of aromatic nitrogens is 1. The summed E-state index contributed by atoms with van der Waals surface area (Å²) in [7, 11) is 0. The van der Waals surface area contributed by atoms with Gasteiger partial charge in [-0.2, -0.15) is 13.2 Å². The van der Waals surface area contributed by atoms with Gasteiger partial charge in [-0.15, -0.1) is 0 Å². The van der Waals surface area contributed by atoms with Gasteiger partial charge >= 0.3 is 5.51 Å². The minimum atomic E-state index is -4.51. The molecule has 1 aromatic heterocycles. The number of hydrogen-bond donors (Lipinski definition) is 1. The molecule has 1 aromatic carbocycles. The number of nitrogens with one attached hydrogen (secondary N) is 1. The van der Waals surface area contributed by atoms with Gasteiger partial charge in [-0.3, -0.25) is 4.79 Å². The fourth-order valence-corrected chi connectivity index (χ4v) is 3.49. The van der Waals surface area contributed by atoms with Crippen molar-refractivity contribution in [2.24, 2.45) is 0 Å². The van der Waals surface area contributed by atoms with E-state index in [1.807, 2.05) is 12.1 Å². The number of rotatable bonds is 3. The lowest BCUT2D eigenvalue weighted by atomic mass is 10.0. The number of thioether (sulfide) groups is 1. The SMILES string of the molecule is O=C(NC1CCOc2ccc(Br)cc21)c1cccnc1SC(F)(F)F. The molecule has 132 valence electrons. The predicted octanol–water partition coefficient (Wildman–Crippen LogP) is 4.71. The third-order valence-corrected chi connectivity index (χ3v) is 4.79. The van der Waals surface area contributed by atoms with Crippen LogP contribution in [0, 0.1) is 0 Å². The van der Waals surface area contributed by atoms with Crippen LogP contribution in [0.1, 0.15) is 28.4 Å². The Morgan fingerprint density at radius 3 is 2.92 bits per heavy atom. The van der Waals surface area contributed by atoms with Crippen molar-refractivity contribution in [1.82, 2.24) is 10.3 Å². The maximum atomic E-state index is 12.7. The first-order valence-electron chi connectivity index (χ1n) is 7.27. The standard InChI is InChI=1S/C16H12BrF3N2O2S/c17-9-3-4-13-11(8-9)12(5-7-24-13)22-14(23)10-2-1-6-21-15(10)25-16(18,19)20/h1-4,6,8,12H,5,7H2,(H,22,23). The van der Waals surface area contributed by atoms with E-state index >= 15 is 0 Å². The average Bonchev–Trinajstić information content (AvgIpc) is 2.54. The molecule has 0 saturated carbocycles. The molecule has 0 fully saturated rings. The van der Waals surface area contributed by atoms with Gasteiger partial charge in [-0.25, -0.2) is 4.98 Å². The molecule has 25 heavy (non-hydrogen) atoms. The lowest BCUT2D eigenvalue weighted by molar-refractivity contribution is -0.0329. The van der Waals surface area contributed by atoms with E-state index in [4.69, 9.17) is 4.74 Å². The molecule has 2 heterocycles. The Kier molecular flexibility index (Phi) is 5.24. The van der Waals surface area contributed by atoms with Gasteiger partial charge < -0.3 is 10.1 Å². The Hall–Kier alpha value is -1.74. The minimum Gasteiger partial charge on any atom is -0.493 e. The highest BCUT2D eigenvalue weighted by molar-refractivity contribution is 9.10. The minimum absolute atomic E-state index is 0.104. The Bertz CT molecular complexity index is 801. The smallest absolute Gasteiger partial charge is 0.447 e. The number of halogens is 4. The van der Waals surface area contributed by atoms with Crippen molar-refractivity contribution in [2.45, 2.75) is 23.0 Å². The normalized spacial score (nSPS) is 16.7. The molecule has 3 rings (SSSR count). The van der Waals surface area contributed by atoms with E-state index in [1.54, 1.807) is 6.07 Å². The molecular weight excluding hydrogens is 421 g/mol. The number of nitrogens with zero attached hydrogens (tertiary/aromatic N) is 1. The Labute approximate surface area is 154 Å².